The molecule has 0 N–H and O–H groups in total. The maximum atomic E-state index is 6.04. The molecule has 5 nitrogen and oxygen atoms in total. The molecule has 0 radical (unpaired) electrons. The van der Waals surface area contributed by atoms with Crippen molar-refractivity contribution in [1.82, 2.24) is 5.06 Å². The van der Waals surface area contributed by atoms with Gasteiger partial charge in [0.15, 0.2) is 5.79 Å². The molecule has 2 fully saturated rings. The van der Waals surface area contributed by atoms with Crippen molar-refractivity contribution in [2.45, 2.75) is 38.3 Å². The van der Waals surface area contributed by atoms with E-state index in [0.29, 0.717) is 19.8 Å². The lowest BCUT2D eigenvalue weighted by molar-refractivity contribution is -0.180. The van der Waals surface area contributed by atoms with Crippen molar-refractivity contribution in [2.75, 3.05) is 20.3 Å². The third kappa shape index (κ3) is 3.33. The molecule has 1 aromatic carbocycles. The first-order chi connectivity index (χ1) is 10.6. The highest BCUT2D eigenvalue weighted by molar-refractivity contribution is 5.19. The Balaban J connectivity index is 1.78. The van der Waals surface area contributed by atoms with Crippen molar-refractivity contribution >= 4 is 0 Å². The fourth-order valence-electron chi connectivity index (χ4n) is 2.97. The van der Waals surface area contributed by atoms with E-state index in [2.05, 4.69) is 12.1 Å². The summed E-state index contributed by atoms with van der Waals surface area (Å²) >= 11 is 0. The number of benzene rings is 1. The number of methoxy groups -OCH3 is 1. The summed E-state index contributed by atoms with van der Waals surface area (Å²) in [7, 11) is 1.65. The average molecular weight is 305 g/mol. The van der Waals surface area contributed by atoms with Crippen LogP contribution in [0, 0.1) is 0 Å². The smallest absolute Gasteiger partial charge is 0.163 e. The number of hydroxylamine groups is 2. The first kappa shape index (κ1) is 15.5. The van der Waals surface area contributed by atoms with Gasteiger partial charge in [-0.1, -0.05) is 30.3 Å². The lowest BCUT2D eigenvalue weighted by Crippen LogP contribution is -2.41. The fraction of sp³-hybridized carbons (Fsp3) is 0.529. The molecule has 22 heavy (non-hydrogen) atoms. The van der Waals surface area contributed by atoms with Gasteiger partial charge in [-0.15, -0.1) is 0 Å². The summed E-state index contributed by atoms with van der Waals surface area (Å²) in [6.07, 6.45) is 1.69. The highest BCUT2D eigenvalue weighted by Crippen LogP contribution is 2.33. The maximum absolute atomic E-state index is 6.04. The van der Waals surface area contributed by atoms with E-state index in [1.165, 1.54) is 5.56 Å². The van der Waals surface area contributed by atoms with Crippen molar-refractivity contribution in [3.8, 4) is 0 Å². The average Bonchev–Trinajstić information content (AvgIpc) is 3.04. The minimum Gasteiger partial charge on any atom is -0.504 e. The van der Waals surface area contributed by atoms with Gasteiger partial charge < -0.3 is 14.2 Å². The monoisotopic (exact) mass is 305 g/mol. The van der Waals surface area contributed by atoms with Crippen LogP contribution < -0.4 is 0 Å². The lowest BCUT2D eigenvalue weighted by Gasteiger charge is -2.27. The molecule has 2 heterocycles. The molecule has 2 atom stereocenters. The summed E-state index contributed by atoms with van der Waals surface area (Å²) in [5.74, 6) is -0.552. The summed E-state index contributed by atoms with van der Waals surface area (Å²) < 4.78 is 17.0. The molecule has 2 aliphatic heterocycles. The van der Waals surface area contributed by atoms with Crippen molar-refractivity contribution < 1.29 is 19.0 Å². The fourth-order valence-corrected chi connectivity index (χ4v) is 2.97. The Hall–Kier alpha value is -1.40. The SMILES string of the molecule is CO/C=C1/CON(Cc2ccccc2)[C@H]1[C@H]1COC(C)(C)O1. The van der Waals surface area contributed by atoms with Crippen LogP contribution in [0.4, 0.5) is 0 Å². The Bertz CT molecular complexity index is 529. The summed E-state index contributed by atoms with van der Waals surface area (Å²) in [6.45, 7) is 5.64. The predicted molar refractivity (Wildman–Crippen MR) is 81.7 cm³/mol. The topological polar surface area (TPSA) is 40.2 Å². The highest BCUT2D eigenvalue weighted by Gasteiger charge is 2.44. The van der Waals surface area contributed by atoms with Gasteiger partial charge in [-0.2, -0.15) is 5.06 Å². The molecule has 120 valence electrons. The van der Waals surface area contributed by atoms with Crippen molar-refractivity contribution in [3.05, 3.63) is 47.7 Å². The second kappa shape index (κ2) is 6.38. The van der Waals surface area contributed by atoms with Crippen LogP contribution in [0.25, 0.3) is 0 Å². The Labute approximate surface area is 131 Å². The molecule has 0 spiro atoms. The Morgan fingerprint density at radius 2 is 2.09 bits per heavy atom. The largest absolute Gasteiger partial charge is 0.504 e. The predicted octanol–water partition coefficient (Wildman–Crippen LogP) is 2.48. The minimum absolute atomic E-state index is 0.00179. The van der Waals surface area contributed by atoms with Gasteiger partial charge in [0, 0.05) is 12.1 Å². The number of hydrogen-bond donors (Lipinski definition) is 0. The third-order valence-corrected chi connectivity index (χ3v) is 3.92. The van der Waals surface area contributed by atoms with Gasteiger partial charge >= 0.3 is 0 Å². The lowest BCUT2D eigenvalue weighted by atomic mass is 10.0. The van der Waals surface area contributed by atoms with Crippen molar-refractivity contribution in [3.63, 3.8) is 0 Å². The Morgan fingerprint density at radius 1 is 1.32 bits per heavy atom. The molecular formula is C17H23NO4. The quantitative estimate of drug-likeness (QED) is 0.799. The normalized spacial score (nSPS) is 30.0. The molecule has 0 bridgehead atoms. The van der Waals surface area contributed by atoms with E-state index in [0.717, 1.165) is 5.57 Å². The molecule has 0 saturated carbocycles. The zero-order chi connectivity index (χ0) is 15.6. The number of rotatable bonds is 4. The molecule has 0 unspecified atom stereocenters. The van der Waals surface area contributed by atoms with Gasteiger partial charge in [0.25, 0.3) is 0 Å². The van der Waals surface area contributed by atoms with Gasteiger partial charge in [0.1, 0.15) is 6.10 Å². The van der Waals surface area contributed by atoms with Crippen molar-refractivity contribution in [1.29, 1.82) is 0 Å². The first-order valence-electron chi connectivity index (χ1n) is 7.56. The zero-order valence-corrected chi connectivity index (χ0v) is 13.3. The summed E-state index contributed by atoms with van der Waals surface area (Å²) in [6, 6.07) is 10.3. The van der Waals surface area contributed by atoms with E-state index in [4.69, 9.17) is 19.0 Å². The van der Waals surface area contributed by atoms with Gasteiger partial charge in [-0.3, -0.25) is 4.84 Å². The van der Waals surface area contributed by atoms with Crippen molar-refractivity contribution in [2.24, 2.45) is 0 Å². The number of nitrogens with zero attached hydrogens (tertiary/aromatic N) is 1. The van der Waals surface area contributed by atoms with Crippen LogP contribution in [0.1, 0.15) is 19.4 Å². The molecule has 0 aliphatic carbocycles. The summed E-state index contributed by atoms with van der Waals surface area (Å²) in [5.41, 5.74) is 2.27. The molecule has 0 amide bonds. The van der Waals surface area contributed by atoms with E-state index in [1.807, 2.05) is 37.1 Å². The van der Waals surface area contributed by atoms with E-state index in [-0.39, 0.29) is 12.1 Å². The molecule has 5 heteroatoms. The Morgan fingerprint density at radius 3 is 2.73 bits per heavy atom. The van der Waals surface area contributed by atoms with E-state index >= 15 is 0 Å². The van der Waals surface area contributed by atoms with Crippen LogP contribution in [-0.4, -0.2) is 43.3 Å². The van der Waals surface area contributed by atoms with Gasteiger partial charge in [-0.05, 0) is 19.4 Å². The van der Waals surface area contributed by atoms with Crippen LogP contribution in [0.5, 0.6) is 0 Å². The maximum Gasteiger partial charge on any atom is 0.163 e. The van der Waals surface area contributed by atoms with Crippen LogP contribution in [-0.2, 0) is 25.6 Å². The standard InChI is InChI=1S/C17H23NO4/c1-17(2)20-12-15(22-17)16-14(10-19-3)11-21-18(16)9-13-7-5-4-6-8-13/h4-8,10,15-16H,9,11-12H2,1-3H3/b14-10-/t15-,16-/m1/s1. The molecule has 1 aromatic rings. The Kier molecular flexibility index (Phi) is 4.49. The second-order valence-electron chi connectivity index (χ2n) is 6.07. The minimum atomic E-state index is -0.552. The van der Waals surface area contributed by atoms with Gasteiger partial charge in [0.05, 0.1) is 32.6 Å². The van der Waals surface area contributed by atoms with Crippen LogP contribution in [0.2, 0.25) is 0 Å². The van der Waals surface area contributed by atoms with Crippen LogP contribution >= 0.6 is 0 Å². The number of hydrogen-bond acceptors (Lipinski definition) is 5. The van der Waals surface area contributed by atoms with E-state index in [9.17, 15) is 0 Å². The van der Waals surface area contributed by atoms with E-state index < -0.39 is 5.79 Å². The summed E-state index contributed by atoms with van der Waals surface area (Å²) in [4.78, 5) is 5.86. The highest BCUT2D eigenvalue weighted by atomic mass is 16.8. The van der Waals surface area contributed by atoms with E-state index in [1.54, 1.807) is 13.4 Å². The molecule has 3 rings (SSSR count). The van der Waals surface area contributed by atoms with Crippen LogP contribution in [0.3, 0.4) is 0 Å². The van der Waals surface area contributed by atoms with Gasteiger partial charge in [0.2, 0.25) is 0 Å². The number of ether oxygens (including phenoxy) is 3. The summed E-state index contributed by atoms with van der Waals surface area (Å²) in [5, 5.41) is 1.97. The van der Waals surface area contributed by atoms with Crippen LogP contribution in [0.15, 0.2) is 42.2 Å². The third-order valence-electron chi connectivity index (χ3n) is 3.92. The molecular weight excluding hydrogens is 282 g/mol. The zero-order valence-electron chi connectivity index (χ0n) is 13.3. The first-order valence-corrected chi connectivity index (χ1v) is 7.56. The second-order valence-corrected chi connectivity index (χ2v) is 6.07. The molecule has 2 aliphatic rings. The van der Waals surface area contributed by atoms with Gasteiger partial charge in [-0.25, -0.2) is 0 Å². The molecule has 2 saturated heterocycles. The molecule has 0 aromatic heterocycles.